The van der Waals surface area contributed by atoms with E-state index in [9.17, 15) is 0 Å². The number of benzene rings is 11. The van der Waals surface area contributed by atoms with Gasteiger partial charge in [-0.3, -0.25) is 0 Å². The van der Waals surface area contributed by atoms with Crippen molar-refractivity contribution in [3.63, 3.8) is 0 Å². The maximum atomic E-state index is 2.48. The van der Waals surface area contributed by atoms with Gasteiger partial charge in [0.05, 0.1) is 5.69 Å². The van der Waals surface area contributed by atoms with Crippen molar-refractivity contribution in [2.75, 3.05) is 4.90 Å². The lowest BCUT2D eigenvalue weighted by Gasteiger charge is -2.30. The van der Waals surface area contributed by atoms with Crippen molar-refractivity contribution in [1.29, 1.82) is 0 Å². The molecule has 12 rings (SSSR count). The highest BCUT2D eigenvalue weighted by Crippen LogP contribution is 2.49. The van der Waals surface area contributed by atoms with Crippen LogP contribution in [0.25, 0.3) is 97.4 Å². The lowest BCUT2D eigenvalue weighted by atomic mass is 9.85. The molecule has 2 heteroatoms. The molecule has 0 spiro atoms. The average molecular weight is 832 g/mol. The average Bonchev–Trinajstić information content (AvgIpc) is 3.76. The fourth-order valence-electron chi connectivity index (χ4n) is 9.73. The van der Waals surface area contributed by atoms with Crippen LogP contribution in [0.3, 0.4) is 0 Å². The topological polar surface area (TPSA) is 3.24 Å². The summed E-state index contributed by atoms with van der Waals surface area (Å²) in [6, 6.07) is 91.1. The zero-order valence-corrected chi connectivity index (χ0v) is 35.8. The molecule has 0 amide bonds. The highest BCUT2D eigenvalue weighted by molar-refractivity contribution is 7.26. The summed E-state index contributed by atoms with van der Waals surface area (Å²) in [4.78, 5) is 2.48. The molecular weight excluding hydrogens is 791 g/mol. The molecule has 1 heterocycles. The zero-order chi connectivity index (χ0) is 42.4. The van der Waals surface area contributed by atoms with Gasteiger partial charge < -0.3 is 4.90 Å². The molecule has 1 aromatic heterocycles. The summed E-state index contributed by atoms with van der Waals surface area (Å²) in [7, 11) is 0. The Morgan fingerprint density at radius 2 is 0.797 bits per heavy atom. The minimum Gasteiger partial charge on any atom is -0.310 e. The second-order valence-electron chi connectivity index (χ2n) is 16.4. The number of nitrogens with zero attached hydrogens (tertiary/aromatic N) is 1. The molecule has 0 N–H and O–H groups in total. The van der Waals surface area contributed by atoms with Crippen molar-refractivity contribution in [2.24, 2.45) is 0 Å². The minimum absolute atomic E-state index is 1.08. The van der Waals surface area contributed by atoms with E-state index in [1.807, 2.05) is 11.3 Å². The number of hydrogen-bond donors (Lipinski definition) is 0. The highest BCUT2D eigenvalue weighted by Gasteiger charge is 2.23. The van der Waals surface area contributed by atoms with Gasteiger partial charge in [0.15, 0.2) is 0 Å². The molecule has 12 aromatic rings. The summed E-state index contributed by atoms with van der Waals surface area (Å²) in [5.74, 6) is 0. The predicted octanol–water partition coefficient (Wildman–Crippen LogP) is 18.2. The van der Waals surface area contributed by atoms with Crippen LogP contribution in [0.4, 0.5) is 17.1 Å². The van der Waals surface area contributed by atoms with Gasteiger partial charge in [-0.1, -0.05) is 206 Å². The number of rotatable bonds is 8. The lowest BCUT2D eigenvalue weighted by molar-refractivity contribution is 1.29. The number of thiophene rings is 1. The molecule has 0 radical (unpaired) electrons. The standard InChI is InChI=1S/C62H41NS/c1-5-19-42(20-6-1)46-35-38-58(56(40-46)43-21-7-2-8-22-43)63(48-28-17-27-47(39-48)50-32-18-33-55-53-30-15-16-34-59(53)64-62(50)55)49-36-37-52-51-29-13-14-31-54(51)60(44-23-9-3-10-24-44)61(57(52)41-49)45-25-11-4-12-26-45/h1-41H. The highest BCUT2D eigenvalue weighted by atomic mass is 32.1. The van der Waals surface area contributed by atoms with Crippen LogP contribution in [-0.2, 0) is 0 Å². The fourth-order valence-corrected chi connectivity index (χ4v) is 11.0. The third-order valence-corrected chi connectivity index (χ3v) is 13.9. The van der Waals surface area contributed by atoms with E-state index in [1.54, 1.807) is 0 Å². The molecular formula is C62H41NS. The second kappa shape index (κ2) is 16.0. The van der Waals surface area contributed by atoms with Crippen LogP contribution in [0.2, 0.25) is 0 Å². The van der Waals surface area contributed by atoms with Gasteiger partial charge in [-0.2, -0.15) is 0 Å². The summed E-state index contributed by atoms with van der Waals surface area (Å²) >= 11 is 1.88. The summed E-state index contributed by atoms with van der Waals surface area (Å²) in [6.07, 6.45) is 0. The molecule has 0 saturated carbocycles. The van der Waals surface area contributed by atoms with Gasteiger partial charge in [-0.15, -0.1) is 11.3 Å². The van der Waals surface area contributed by atoms with E-state index in [0.29, 0.717) is 0 Å². The smallest absolute Gasteiger partial charge is 0.0540 e. The third-order valence-electron chi connectivity index (χ3n) is 12.6. The van der Waals surface area contributed by atoms with Crippen LogP contribution in [0.5, 0.6) is 0 Å². The SMILES string of the molecule is c1ccc(-c2ccc(N(c3cccc(-c4cccc5c4sc4ccccc45)c3)c3ccc4c(c3)c(-c3ccccc3)c(-c3ccccc3)c3ccccc34)c(-c3ccccc3)c2)cc1. The van der Waals surface area contributed by atoms with E-state index in [4.69, 9.17) is 0 Å². The zero-order valence-electron chi connectivity index (χ0n) is 35.0. The molecule has 300 valence electrons. The van der Waals surface area contributed by atoms with Crippen molar-refractivity contribution >= 4 is 70.1 Å². The Hall–Kier alpha value is -8.04. The Bertz CT molecular complexity index is 3650. The van der Waals surface area contributed by atoms with Crippen molar-refractivity contribution in [3.05, 3.63) is 249 Å². The molecule has 0 saturated heterocycles. The van der Waals surface area contributed by atoms with E-state index in [2.05, 4.69) is 254 Å². The van der Waals surface area contributed by atoms with Crippen molar-refractivity contribution in [1.82, 2.24) is 0 Å². The fraction of sp³-hybridized carbons (Fsp3) is 0. The first-order chi connectivity index (χ1) is 31.8. The number of fused-ring (bicyclic) bond motifs is 6. The van der Waals surface area contributed by atoms with Gasteiger partial charge in [0.2, 0.25) is 0 Å². The van der Waals surface area contributed by atoms with Gasteiger partial charge in [0.25, 0.3) is 0 Å². The van der Waals surface area contributed by atoms with E-state index < -0.39 is 0 Å². The van der Waals surface area contributed by atoms with Gasteiger partial charge in [-0.25, -0.2) is 0 Å². The molecule has 11 aromatic carbocycles. The first-order valence-corrected chi connectivity index (χ1v) is 22.7. The molecule has 0 bridgehead atoms. The Kier molecular flexibility index (Phi) is 9.43. The van der Waals surface area contributed by atoms with Gasteiger partial charge in [0.1, 0.15) is 0 Å². The molecule has 0 unspecified atom stereocenters. The van der Waals surface area contributed by atoms with E-state index in [-0.39, 0.29) is 0 Å². The molecule has 0 aliphatic rings. The van der Waals surface area contributed by atoms with Gasteiger partial charge >= 0.3 is 0 Å². The monoisotopic (exact) mass is 831 g/mol. The summed E-state index contributed by atoms with van der Waals surface area (Å²) in [5.41, 5.74) is 15.3. The summed E-state index contributed by atoms with van der Waals surface area (Å²) in [5, 5.41) is 7.53. The Morgan fingerprint density at radius 1 is 0.266 bits per heavy atom. The Labute approximate surface area is 377 Å². The number of anilines is 3. The predicted molar refractivity (Wildman–Crippen MR) is 276 cm³/mol. The molecule has 0 aliphatic heterocycles. The quantitative estimate of drug-likeness (QED) is 0.138. The molecule has 0 aliphatic carbocycles. The van der Waals surface area contributed by atoms with Gasteiger partial charge in [-0.05, 0) is 114 Å². The summed E-state index contributed by atoms with van der Waals surface area (Å²) in [6.45, 7) is 0. The van der Waals surface area contributed by atoms with Crippen LogP contribution in [-0.4, -0.2) is 0 Å². The third kappa shape index (κ3) is 6.55. The van der Waals surface area contributed by atoms with Crippen LogP contribution in [0.15, 0.2) is 249 Å². The van der Waals surface area contributed by atoms with Crippen molar-refractivity contribution in [3.8, 4) is 55.6 Å². The second-order valence-corrected chi connectivity index (χ2v) is 17.4. The molecule has 0 fully saturated rings. The maximum absolute atomic E-state index is 2.48. The van der Waals surface area contributed by atoms with Crippen LogP contribution < -0.4 is 4.90 Å². The maximum Gasteiger partial charge on any atom is 0.0540 e. The minimum atomic E-state index is 1.08. The van der Waals surface area contributed by atoms with Crippen molar-refractivity contribution in [2.45, 2.75) is 0 Å². The Balaban J connectivity index is 1.16. The van der Waals surface area contributed by atoms with E-state index in [0.717, 1.165) is 28.2 Å². The number of hydrogen-bond acceptors (Lipinski definition) is 2. The normalized spacial score (nSPS) is 11.4. The largest absolute Gasteiger partial charge is 0.310 e. The van der Waals surface area contributed by atoms with Crippen LogP contribution in [0.1, 0.15) is 0 Å². The summed E-state index contributed by atoms with van der Waals surface area (Å²) < 4.78 is 2.62. The Morgan fingerprint density at radius 3 is 1.52 bits per heavy atom. The van der Waals surface area contributed by atoms with Crippen LogP contribution in [0, 0.1) is 0 Å². The first kappa shape index (κ1) is 37.7. The van der Waals surface area contributed by atoms with E-state index >= 15 is 0 Å². The van der Waals surface area contributed by atoms with Crippen molar-refractivity contribution < 1.29 is 0 Å². The lowest BCUT2D eigenvalue weighted by Crippen LogP contribution is -2.11. The molecule has 0 atom stereocenters. The van der Waals surface area contributed by atoms with Crippen LogP contribution >= 0.6 is 11.3 Å². The molecule has 1 nitrogen and oxygen atoms in total. The molecule has 64 heavy (non-hydrogen) atoms. The van der Waals surface area contributed by atoms with Gasteiger partial charge in [0, 0.05) is 37.1 Å². The van der Waals surface area contributed by atoms with E-state index in [1.165, 1.54) is 86.2 Å². The first-order valence-electron chi connectivity index (χ1n) is 21.9.